The van der Waals surface area contributed by atoms with E-state index in [2.05, 4.69) is 24.3 Å². The molecule has 1 aliphatic rings. The molecule has 2 aromatic carbocycles. The Hall–Kier alpha value is -1.64. The van der Waals surface area contributed by atoms with Gasteiger partial charge in [-0.2, -0.15) is 0 Å². The Labute approximate surface area is 113 Å². The fraction of sp³-hybridized carbons (Fsp3) is 0.294. The summed E-state index contributed by atoms with van der Waals surface area (Å²) in [5.41, 5.74) is 1.49. The summed E-state index contributed by atoms with van der Waals surface area (Å²) in [5.74, 6) is 0. The van der Waals surface area contributed by atoms with Gasteiger partial charge in [0.1, 0.15) is 0 Å². The van der Waals surface area contributed by atoms with E-state index in [-0.39, 0.29) is 5.41 Å². The molecule has 3 rings (SSSR count). The maximum Gasteiger partial charge on any atom is 0.158 e. The molecule has 0 radical (unpaired) electrons. The molecule has 98 valence electrons. The Morgan fingerprint density at radius 3 is 1.58 bits per heavy atom. The van der Waals surface area contributed by atoms with Crippen LogP contribution in [-0.4, -0.2) is 16.5 Å². The second-order valence-electron chi connectivity index (χ2n) is 5.61. The van der Waals surface area contributed by atoms with E-state index < -0.39 is 11.7 Å². The molecule has 0 aliphatic heterocycles. The van der Waals surface area contributed by atoms with Crippen LogP contribution in [0, 0.1) is 5.41 Å². The van der Waals surface area contributed by atoms with Crippen LogP contribution in [-0.2, 0) is 5.41 Å². The SMILES string of the molecule is C[C@]1(C(O)O)CC1(c1ccccc1)c1ccccc1. The van der Waals surface area contributed by atoms with Crippen LogP contribution < -0.4 is 0 Å². The lowest BCUT2D eigenvalue weighted by Crippen LogP contribution is -2.28. The van der Waals surface area contributed by atoms with Gasteiger partial charge in [-0.15, -0.1) is 0 Å². The average molecular weight is 254 g/mol. The number of hydrogen-bond acceptors (Lipinski definition) is 2. The highest BCUT2D eigenvalue weighted by molar-refractivity contribution is 5.50. The molecule has 1 aliphatic carbocycles. The fourth-order valence-corrected chi connectivity index (χ4v) is 3.29. The van der Waals surface area contributed by atoms with E-state index in [1.54, 1.807) is 0 Å². The first kappa shape index (κ1) is 12.4. The predicted octanol–water partition coefficient (Wildman–Crippen LogP) is 2.69. The molecule has 1 fully saturated rings. The van der Waals surface area contributed by atoms with Gasteiger partial charge in [0.15, 0.2) is 6.29 Å². The molecule has 0 spiro atoms. The topological polar surface area (TPSA) is 40.5 Å². The lowest BCUT2D eigenvalue weighted by atomic mass is 9.80. The predicted molar refractivity (Wildman–Crippen MR) is 74.6 cm³/mol. The maximum atomic E-state index is 9.77. The number of aliphatic hydroxyl groups excluding tert-OH is 1. The molecule has 2 heteroatoms. The Bertz CT molecular complexity index is 523. The summed E-state index contributed by atoms with van der Waals surface area (Å²) >= 11 is 0. The molecule has 2 N–H and O–H groups in total. The molecule has 0 aromatic heterocycles. The third kappa shape index (κ3) is 1.64. The van der Waals surface area contributed by atoms with Crippen molar-refractivity contribution in [3.05, 3.63) is 71.8 Å². The Balaban J connectivity index is 2.15. The summed E-state index contributed by atoms with van der Waals surface area (Å²) in [6.07, 6.45) is -0.556. The monoisotopic (exact) mass is 254 g/mol. The molecule has 2 aromatic rings. The highest BCUT2D eigenvalue weighted by atomic mass is 16.5. The minimum atomic E-state index is -1.31. The summed E-state index contributed by atoms with van der Waals surface area (Å²) in [4.78, 5) is 0. The van der Waals surface area contributed by atoms with Crippen LogP contribution in [0.2, 0.25) is 0 Å². The zero-order valence-electron chi connectivity index (χ0n) is 11.0. The van der Waals surface area contributed by atoms with E-state index >= 15 is 0 Å². The van der Waals surface area contributed by atoms with E-state index in [9.17, 15) is 10.2 Å². The Morgan fingerprint density at radius 1 is 0.842 bits per heavy atom. The largest absolute Gasteiger partial charge is 0.368 e. The van der Waals surface area contributed by atoms with Crippen molar-refractivity contribution in [2.24, 2.45) is 5.41 Å². The lowest BCUT2D eigenvalue weighted by molar-refractivity contribution is -0.0950. The van der Waals surface area contributed by atoms with Gasteiger partial charge in [-0.05, 0) is 17.5 Å². The summed E-state index contributed by atoms with van der Waals surface area (Å²) in [7, 11) is 0. The molecule has 1 atom stereocenters. The van der Waals surface area contributed by atoms with Crippen LogP contribution in [0.25, 0.3) is 0 Å². The molecule has 0 saturated heterocycles. The molecule has 0 bridgehead atoms. The van der Waals surface area contributed by atoms with Crippen LogP contribution in [0.5, 0.6) is 0 Å². The fourth-order valence-electron chi connectivity index (χ4n) is 3.29. The number of hydrogen-bond donors (Lipinski definition) is 2. The van der Waals surface area contributed by atoms with E-state index in [1.165, 1.54) is 0 Å². The van der Waals surface area contributed by atoms with Gasteiger partial charge in [0.25, 0.3) is 0 Å². The van der Waals surface area contributed by atoms with Crippen LogP contribution in [0.4, 0.5) is 0 Å². The summed E-state index contributed by atoms with van der Waals surface area (Å²) in [5, 5.41) is 19.5. The van der Waals surface area contributed by atoms with Crippen LogP contribution in [0.3, 0.4) is 0 Å². The van der Waals surface area contributed by atoms with Gasteiger partial charge < -0.3 is 10.2 Å². The van der Waals surface area contributed by atoms with Gasteiger partial charge in [0, 0.05) is 10.8 Å². The van der Waals surface area contributed by atoms with Crippen molar-refractivity contribution in [2.45, 2.75) is 25.0 Å². The third-order valence-electron chi connectivity index (χ3n) is 4.59. The Kier molecular flexibility index (Phi) is 2.73. The smallest absolute Gasteiger partial charge is 0.158 e. The van der Waals surface area contributed by atoms with E-state index in [1.807, 2.05) is 43.3 Å². The lowest BCUT2D eigenvalue weighted by Gasteiger charge is -2.25. The zero-order valence-corrected chi connectivity index (χ0v) is 11.0. The quantitative estimate of drug-likeness (QED) is 0.827. The summed E-state index contributed by atoms with van der Waals surface area (Å²) in [6.45, 7) is 1.94. The standard InChI is InChI=1S/C17H18O2/c1-16(15(18)19)12-17(16,13-8-4-2-5-9-13)14-10-6-3-7-11-14/h2-11,15,18-19H,12H2,1H3/t16-/m1/s1. The van der Waals surface area contributed by atoms with Crippen molar-refractivity contribution in [2.75, 3.05) is 0 Å². The normalized spacial score (nSPS) is 24.4. The first-order chi connectivity index (χ1) is 9.11. The second-order valence-corrected chi connectivity index (χ2v) is 5.61. The van der Waals surface area contributed by atoms with Gasteiger partial charge in [-0.25, -0.2) is 0 Å². The molecular formula is C17H18O2. The highest BCUT2D eigenvalue weighted by Crippen LogP contribution is 2.69. The minimum absolute atomic E-state index is 0.288. The highest BCUT2D eigenvalue weighted by Gasteiger charge is 2.69. The van der Waals surface area contributed by atoms with Crippen LogP contribution in [0.15, 0.2) is 60.7 Å². The van der Waals surface area contributed by atoms with Crippen LogP contribution in [0.1, 0.15) is 24.5 Å². The molecule has 2 nitrogen and oxygen atoms in total. The van der Waals surface area contributed by atoms with Crippen molar-refractivity contribution in [1.29, 1.82) is 0 Å². The first-order valence-corrected chi connectivity index (χ1v) is 6.58. The van der Waals surface area contributed by atoms with Crippen molar-refractivity contribution in [3.63, 3.8) is 0 Å². The first-order valence-electron chi connectivity index (χ1n) is 6.58. The van der Waals surface area contributed by atoms with E-state index in [0.29, 0.717) is 0 Å². The summed E-state index contributed by atoms with van der Waals surface area (Å²) < 4.78 is 0. The van der Waals surface area contributed by atoms with Gasteiger partial charge in [0.05, 0.1) is 0 Å². The van der Waals surface area contributed by atoms with Gasteiger partial charge in [0.2, 0.25) is 0 Å². The van der Waals surface area contributed by atoms with E-state index in [0.717, 1.165) is 17.5 Å². The average Bonchev–Trinajstić information content (AvgIpc) is 3.10. The van der Waals surface area contributed by atoms with Crippen molar-refractivity contribution in [3.8, 4) is 0 Å². The van der Waals surface area contributed by atoms with E-state index in [4.69, 9.17) is 0 Å². The Morgan fingerprint density at radius 2 is 1.26 bits per heavy atom. The number of benzene rings is 2. The molecule has 0 unspecified atom stereocenters. The van der Waals surface area contributed by atoms with Crippen molar-refractivity contribution in [1.82, 2.24) is 0 Å². The van der Waals surface area contributed by atoms with Crippen LogP contribution >= 0.6 is 0 Å². The minimum Gasteiger partial charge on any atom is -0.368 e. The molecule has 0 amide bonds. The zero-order chi connectivity index (χ0) is 13.5. The maximum absolute atomic E-state index is 9.77. The second kappa shape index (κ2) is 4.19. The van der Waals surface area contributed by atoms with Crippen molar-refractivity contribution < 1.29 is 10.2 Å². The number of rotatable bonds is 3. The summed E-state index contributed by atoms with van der Waals surface area (Å²) in [6, 6.07) is 20.3. The molecule has 0 heterocycles. The number of aliphatic hydroxyl groups is 2. The van der Waals surface area contributed by atoms with Gasteiger partial charge in [-0.1, -0.05) is 67.6 Å². The molecular weight excluding hydrogens is 236 g/mol. The third-order valence-corrected chi connectivity index (χ3v) is 4.59. The molecule has 1 saturated carbocycles. The van der Waals surface area contributed by atoms with Gasteiger partial charge in [-0.3, -0.25) is 0 Å². The molecule has 19 heavy (non-hydrogen) atoms. The van der Waals surface area contributed by atoms with Crippen molar-refractivity contribution >= 4 is 0 Å². The van der Waals surface area contributed by atoms with Gasteiger partial charge >= 0.3 is 0 Å².